The topological polar surface area (TPSA) is 21.3 Å². The van der Waals surface area contributed by atoms with Crippen LogP contribution < -0.4 is 10.1 Å². The standard InChI is InChI=1S/C11H13BrFNO/c1-2-5-14-6-7-15-9-3-4-11(13)10(12)8-9/h2-4,8,14H,1,5-7H2. The van der Waals surface area contributed by atoms with Crippen molar-refractivity contribution in [1.82, 2.24) is 5.32 Å². The summed E-state index contributed by atoms with van der Waals surface area (Å²) in [5.41, 5.74) is 0. The van der Waals surface area contributed by atoms with Crippen molar-refractivity contribution in [2.45, 2.75) is 0 Å². The smallest absolute Gasteiger partial charge is 0.137 e. The average molecular weight is 274 g/mol. The van der Waals surface area contributed by atoms with Gasteiger partial charge in [0.2, 0.25) is 0 Å². The third kappa shape index (κ3) is 4.44. The number of halogens is 2. The monoisotopic (exact) mass is 273 g/mol. The summed E-state index contributed by atoms with van der Waals surface area (Å²) < 4.78 is 18.7. The van der Waals surface area contributed by atoms with Crippen LogP contribution in [0.4, 0.5) is 4.39 Å². The molecule has 0 aromatic heterocycles. The van der Waals surface area contributed by atoms with E-state index in [0.717, 1.165) is 13.1 Å². The molecule has 0 radical (unpaired) electrons. The summed E-state index contributed by atoms with van der Waals surface area (Å²) in [7, 11) is 0. The Labute approximate surface area is 97.3 Å². The molecule has 1 aromatic carbocycles. The van der Waals surface area contributed by atoms with Gasteiger partial charge in [-0.05, 0) is 34.1 Å². The molecule has 2 nitrogen and oxygen atoms in total. The Balaban J connectivity index is 2.31. The van der Waals surface area contributed by atoms with Crippen LogP contribution in [0.25, 0.3) is 0 Å². The van der Waals surface area contributed by atoms with E-state index in [4.69, 9.17) is 4.74 Å². The van der Waals surface area contributed by atoms with E-state index in [1.54, 1.807) is 18.2 Å². The summed E-state index contributed by atoms with van der Waals surface area (Å²) in [6.45, 7) is 5.63. The number of nitrogens with one attached hydrogen (secondary N) is 1. The van der Waals surface area contributed by atoms with E-state index in [0.29, 0.717) is 16.8 Å². The number of hydrogen-bond acceptors (Lipinski definition) is 2. The molecule has 0 aliphatic heterocycles. The van der Waals surface area contributed by atoms with Crippen LogP contribution in [0.5, 0.6) is 5.75 Å². The lowest BCUT2D eigenvalue weighted by Crippen LogP contribution is -2.20. The molecule has 0 spiro atoms. The van der Waals surface area contributed by atoms with Crippen LogP contribution in [0.2, 0.25) is 0 Å². The normalized spacial score (nSPS) is 10.0. The minimum absolute atomic E-state index is 0.285. The van der Waals surface area contributed by atoms with Crippen LogP contribution in [0.15, 0.2) is 35.3 Å². The lowest BCUT2D eigenvalue weighted by Gasteiger charge is -2.06. The van der Waals surface area contributed by atoms with Gasteiger partial charge in [-0.1, -0.05) is 6.08 Å². The molecule has 1 aromatic rings. The van der Waals surface area contributed by atoms with Crippen molar-refractivity contribution in [3.63, 3.8) is 0 Å². The summed E-state index contributed by atoms with van der Waals surface area (Å²) >= 11 is 3.10. The van der Waals surface area contributed by atoms with Crippen LogP contribution in [0.1, 0.15) is 0 Å². The molecule has 0 aliphatic carbocycles. The average Bonchev–Trinajstić information content (AvgIpc) is 2.23. The Morgan fingerprint density at radius 2 is 2.33 bits per heavy atom. The molecular formula is C11H13BrFNO. The SMILES string of the molecule is C=CCNCCOc1ccc(F)c(Br)c1. The van der Waals surface area contributed by atoms with Crippen molar-refractivity contribution in [2.24, 2.45) is 0 Å². The predicted octanol–water partition coefficient (Wildman–Crippen LogP) is 2.74. The van der Waals surface area contributed by atoms with E-state index in [1.807, 2.05) is 0 Å². The highest BCUT2D eigenvalue weighted by atomic mass is 79.9. The molecule has 0 fully saturated rings. The Bertz CT molecular complexity index is 330. The Morgan fingerprint density at radius 1 is 1.53 bits per heavy atom. The van der Waals surface area contributed by atoms with E-state index in [1.165, 1.54) is 6.07 Å². The zero-order valence-corrected chi connectivity index (χ0v) is 9.89. The van der Waals surface area contributed by atoms with E-state index in [-0.39, 0.29) is 5.82 Å². The fourth-order valence-corrected chi connectivity index (χ4v) is 1.37. The summed E-state index contributed by atoms with van der Waals surface area (Å²) in [5, 5.41) is 3.10. The minimum atomic E-state index is -0.285. The van der Waals surface area contributed by atoms with Gasteiger partial charge in [-0.25, -0.2) is 4.39 Å². The van der Waals surface area contributed by atoms with Crippen LogP contribution in [0, 0.1) is 5.82 Å². The Kier molecular flexibility index (Phi) is 5.36. The van der Waals surface area contributed by atoms with Crippen LogP contribution in [0.3, 0.4) is 0 Å². The van der Waals surface area contributed by atoms with Gasteiger partial charge >= 0.3 is 0 Å². The summed E-state index contributed by atoms with van der Waals surface area (Å²) in [4.78, 5) is 0. The van der Waals surface area contributed by atoms with Crippen molar-refractivity contribution in [3.05, 3.63) is 41.1 Å². The van der Waals surface area contributed by atoms with Crippen molar-refractivity contribution in [1.29, 1.82) is 0 Å². The van der Waals surface area contributed by atoms with Gasteiger partial charge in [0.25, 0.3) is 0 Å². The van der Waals surface area contributed by atoms with Gasteiger partial charge in [0.05, 0.1) is 4.47 Å². The van der Waals surface area contributed by atoms with Gasteiger partial charge in [-0.3, -0.25) is 0 Å². The van der Waals surface area contributed by atoms with Gasteiger partial charge in [0, 0.05) is 13.1 Å². The lowest BCUT2D eigenvalue weighted by molar-refractivity contribution is 0.315. The number of rotatable bonds is 6. The van der Waals surface area contributed by atoms with E-state index >= 15 is 0 Å². The lowest BCUT2D eigenvalue weighted by atomic mass is 10.3. The third-order valence-corrected chi connectivity index (χ3v) is 2.34. The van der Waals surface area contributed by atoms with Gasteiger partial charge in [0.1, 0.15) is 18.2 Å². The molecule has 15 heavy (non-hydrogen) atoms. The summed E-state index contributed by atoms with van der Waals surface area (Å²) in [6.07, 6.45) is 1.79. The molecule has 0 amide bonds. The van der Waals surface area contributed by atoms with Gasteiger partial charge < -0.3 is 10.1 Å². The van der Waals surface area contributed by atoms with Crippen molar-refractivity contribution in [3.8, 4) is 5.75 Å². The summed E-state index contributed by atoms with van der Waals surface area (Å²) in [6, 6.07) is 4.59. The van der Waals surface area contributed by atoms with Gasteiger partial charge in [-0.2, -0.15) is 0 Å². The van der Waals surface area contributed by atoms with E-state index in [9.17, 15) is 4.39 Å². The molecule has 0 aliphatic rings. The molecule has 1 N–H and O–H groups in total. The molecule has 0 atom stereocenters. The molecule has 0 saturated carbocycles. The Morgan fingerprint density at radius 3 is 3.00 bits per heavy atom. The molecule has 0 bridgehead atoms. The zero-order valence-electron chi connectivity index (χ0n) is 8.30. The predicted molar refractivity (Wildman–Crippen MR) is 62.7 cm³/mol. The second-order valence-electron chi connectivity index (χ2n) is 2.92. The second kappa shape index (κ2) is 6.58. The highest BCUT2D eigenvalue weighted by molar-refractivity contribution is 9.10. The zero-order chi connectivity index (χ0) is 11.1. The van der Waals surface area contributed by atoms with E-state index in [2.05, 4.69) is 27.8 Å². The van der Waals surface area contributed by atoms with Gasteiger partial charge in [0.15, 0.2) is 0 Å². The van der Waals surface area contributed by atoms with Crippen molar-refractivity contribution in [2.75, 3.05) is 19.7 Å². The molecule has 0 heterocycles. The number of hydrogen-bond donors (Lipinski definition) is 1. The summed E-state index contributed by atoms with van der Waals surface area (Å²) in [5.74, 6) is 0.371. The highest BCUT2D eigenvalue weighted by Gasteiger charge is 2.00. The first-order valence-corrected chi connectivity index (χ1v) is 5.43. The fourth-order valence-electron chi connectivity index (χ4n) is 1.01. The van der Waals surface area contributed by atoms with Crippen LogP contribution in [-0.4, -0.2) is 19.7 Å². The fraction of sp³-hybridized carbons (Fsp3) is 0.273. The Hall–Kier alpha value is -0.870. The number of benzene rings is 1. The van der Waals surface area contributed by atoms with E-state index < -0.39 is 0 Å². The maximum absolute atomic E-state index is 12.9. The molecule has 1 rings (SSSR count). The first-order chi connectivity index (χ1) is 7.24. The molecule has 82 valence electrons. The minimum Gasteiger partial charge on any atom is -0.492 e. The highest BCUT2D eigenvalue weighted by Crippen LogP contribution is 2.21. The van der Waals surface area contributed by atoms with Gasteiger partial charge in [-0.15, -0.1) is 6.58 Å². The largest absolute Gasteiger partial charge is 0.492 e. The van der Waals surface area contributed by atoms with Crippen molar-refractivity contribution >= 4 is 15.9 Å². The maximum atomic E-state index is 12.9. The quantitative estimate of drug-likeness (QED) is 0.636. The number of ether oxygens (including phenoxy) is 1. The first kappa shape index (κ1) is 12.2. The third-order valence-electron chi connectivity index (χ3n) is 1.73. The molecule has 0 unspecified atom stereocenters. The van der Waals surface area contributed by atoms with Crippen LogP contribution in [-0.2, 0) is 0 Å². The maximum Gasteiger partial charge on any atom is 0.137 e. The second-order valence-corrected chi connectivity index (χ2v) is 3.77. The first-order valence-electron chi connectivity index (χ1n) is 4.63. The molecule has 4 heteroatoms. The van der Waals surface area contributed by atoms with Crippen LogP contribution >= 0.6 is 15.9 Å². The van der Waals surface area contributed by atoms with Crippen molar-refractivity contribution < 1.29 is 9.13 Å². The molecule has 0 saturated heterocycles. The molecular weight excluding hydrogens is 261 g/mol.